The minimum atomic E-state index is -3.77. The minimum absolute atomic E-state index is 0.0352. The first kappa shape index (κ1) is 27.6. The lowest BCUT2D eigenvalue weighted by Crippen LogP contribution is -2.28. The zero-order chi connectivity index (χ0) is 26.1. The molecule has 0 aliphatic rings. The van der Waals surface area contributed by atoms with Crippen LogP contribution in [0.3, 0.4) is 0 Å². The number of amides is 1. The molecule has 2 aromatic carbocycles. The number of benzene rings is 2. The van der Waals surface area contributed by atoms with Crippen molar-refractivity contribution in [3.63, 3.8) is 0 Å². The van der Waals surface area contributed by atoms with E-state index in [0.717, 1.165) is 23.4 Å². The zero-order valence-electron chi connectivity index (χ0n) is 21.4. The van der Waals surface area contributed by atoms with Crippen LogP contribution in [0.4, 0.5) is 10.1 Å². The summed E-state index contributed by atoms with van der Waals surface area (Å²) in [6.45, 7) is 15.0. The van der Waals surface area contributed by atoms with E-state index in [9.17, 15) is 17.6 Å². The van der Waals surface area contributed by atoms with Crippen molar-refractivity contribution in [2.75, 3.05) is 18.6 Å². The molecule has 2 aromatic rings. The number of hydrogen-bond donors (Lipinski definition) is 2. The number of nitrogens with two attached hydrogens (primary N) is 1. The van der Waals surface area contributed by atoms with Crippen molar-refractivity contribution in [2.24, 2.45) is 5.41 Å². The van der Waals surface area contributed by atoms with Crippen molar-refractivity contribution < 1.29 is 22.3 Å². The van der Waals surface area contributed by atoms with Crippen LogP contribution < -0.4 is 15.8 Å². The molecule has 34 heavy (non-hydrogen) atoms. The second-order valence-electron chi connectivity index (χ2n) is 11.0. The van der Waals surface area contributed by atoms with Crippen molar-refractivity contribution in [2.45, 2.75) is 71.2 Å². The van der Waals surface area contributed by atoms with E-state index in [0.29, 0.717) is 12.4 Å². The summed E-state index contributed by atoms with van der Waals surface area (Å²) in [6, 6.07) is 8.50. The maximum Gasteiger partial charge on any atom is 0.227 e. The van der Waals surface area contributed by atoms with Gasteiger partial charge in [0.1, 0.15) is 10.6 Å². The van der Waals surface area contributed by atoms with Crippen LogP contribution in [0.5, 0.6) is 5.75 Å². The van der Waals surface area contributed by atoms with Gasteiger partial charge in [-0.25, -0.2) is 12.8 Å². The highest BCUT2D eigenvalue weighted by atomic mass is 32.2. The fraction of sp³-hybridized carbons (Fsp3) is 0.500. The average Bonchev–Trinajstić information content (AvgIpc) is 2.69. The van der Waals surface area contributed by atoms with E-state index in [1.165, 1.54) is 6.07 Å². The van der Waals surface area contributed by atoms with Crippen LogP contribution in [0.2, 0.25) is 0 Å². The largest absolute Gasteiger partial charge is 0.493 e. The van der Waals surface area contributed by atoms with Gasteiger partial charge < -0.3 is 15.8 Å². The molecule has 0 spiro atoms. The Morgan fingerprint density at radius 2 is 1.74 bits per heavy atom. The smallest absolute Gasteiger partial charge is 0.227 e. The van der Waals surface area contributed by atoms with Crippen molar-refractivity contribution in [3.05, 3.63) is 52.8 Å². The standard InChI is InChI=1S/C26H37FN2O4S/c1-16(19-11-12-21(34(8,31)32)22(27)23(19)28)24(30)29-14-17-9-10-18(26(5,6)7)13-20(17)33-15-25(2,3)4/h9-13,16H,14-15,28H2,1-8H3,(H,29,30). The molecule has 0 aliphatic carbocycles. The Balaban J connectivity index is 2.25. The van der Waals surface area contributed by atoms with E-state index in [-0.39, 0.29) is 34.5 Å². The van der Waals surface area contributed by atoms with Crippen LogP contribution in [0.25, 0.3) is 0 Å². The van der Waals surface area contributed by atoms with Crippen LogP contribution in [0, 0.1) is 11.2 Å². The van der Waals surface area contributed by atoms with Crippen molar-refractivity contribution in [1.29, 1.82) is 0 Å². The lowest BCUT2D eigenvalue weighted by Gasteiger charge is -2.24. The van der Waals surface area contributed by atoms with E-state index in [1.54, 1.807) is 6.92 Å². The first-order chi connectivity index (χ1) is 15.4. The van der Waals surface area contributed by atoms with Gasteiger partial charge in [0.25, 0.3) is 0 Å². The van der Waals surface area contributed by atoms with Gasteiger partial charge in [0.05, 0.1) is 18.2 Å². The number of halogens is 1. The highest BCUT2D eigenvalue weighted by molar-refractivity contribution is 7.90. The van der Waals surface area contributed by atoms with Crippen LogP contribution in [0.15, 0.2) is 35.2 Å². The highest BCUT2D eigenvalue weighted by Crippen LogP contribution is 2.31. The Labute approximate surface area is 203 Å². The van der Waals surface area contributed by atoms with E-state index in [4.69, 9.17) is 10.5 Å². The quantitative estimate of drug-likeness (QED) is 0.533. The molecule has 0 aromatic heterocycles. The summed E-state index contributed by atoms with van der Waals surface area (Å²) in [5.41, 5.74) is 7.59. The highest BCUT2D eigenvalue weighted by Gasteiger charge is 2.24. The lowest BCUT2D eigenvalue weighted by molar-refractivity contribution is -0.122. The lowest BCUT2D eigenvalue weighted by atomic mass is 9.86. The molecule has 1 unspecified atom stereocenters. The second-order valence-corrected chi connectivity index (χ2v) is 13.0. The molecule has 1 atom stereocenters. The van der Waals surface area contributed by atoms with E-state index in [2.05, 4.69) is 46.9 Å². The molecular weight excluding hydrogens is 455 g/mol. The first-order valence-corrected chi connectivity index (χ1v) is 13.1. The van der Waals surface area contributed by atoms with Crippen LogP contribution in [-0.4, -0.2) is 27.2 Å². The van der Waals surface area contributed by atoms with Gasteiger partial charge in [0, 0.05) is 18.4 Å². The number of nitrogen functional groups attached to an aromatic ring is 1. The molecule has 0 bridgehead atoms. The molecule has 6 nitrogen and oxygen atoms in total. The van der Waals surface area contributed by atoms with Crippen LogP contribution >= 0.6 is 0 Å². The fourth-order valence-electron chi connectivity index (χ4n) is 3.32. The topological polar surface area (TPSA) is 98.5 Å². The number of anilines is 1. The van der Waals surface area contributed by atoms with Gasteiger partial charge >= 0.3 is 0 Å². The number of rotatable bonds is 7. The molecule has 0 saturated heterocycles. The molecule has 2 rings (SSSR count). The van der Waals surface area contributed by atoms with Crippen molar-refractivity contribution in [3.8, 4) is 5.75 Å². The Bertz CT molecular complexity index is 1160. The van der Waals surface area contributed by atoms with Gasteiger partial charge in [0.15, 0.2) is 15.7 Å². The number of sulfone groups is 1. The summed E-state index contributed by atoms with van der Waals surface area (Å²) in [5, 5.41) is 2.87. The van der Waals surface area contributed by atoms with Gasteiger partial charge in [-0.05, 0) is 41.0 Å². The van der Waals surface area contributed by atoms with Gasteiger partial charge in [-0.3, -0.25) is 4.79 Å². The first-order valence-electron chi connectivity index (χ1n) is 11.2. The molecule has 0 radical (unpaired) electrons. The second kappa shape index (κ2) is 9.94. The van der Waals surface area contributed by atoms with Gasteiger partial charge in [-0.1, -0.05) is 59.7 Å². The van der Waals surface area contributed by atoms with Gasteiger partial charge in [0.2, 0.25) is 5.91 Å². The SMILES string of the molecule is CC(C(=O)NCc1ccc(C(C)(C)C)cc1OCC(C)(C)C)c1ccc(S(C)(=O)=O)c(F)c1N. The third-order valence-corrected chi connectivity index (χ3v) is 6.60. The number of nitrogens with one attached hydrogen (secondary N) is 1. The molecule has 0 heterocycles. The summed E-state index contributed by atoms with van der Waals surface area (Å²) in [6.07, 6.45) is 0.908. The molecular formula is C26H37FN2O4S. The van der Waals surface area contributed by atoms with Crippen LogP contribution in [-0.2, 0) is 26.6 Å². The number of carbonyl (C=O) groups excluding carboxylic acids is 1. The van der Waals surface area contributed by atoms with Crippen molar-refractivity contribution >= 4 is 21.4 Å². The molecule has 0 fully saturated rings. The van der Waals surface area contributed by atoms with E-state index < -0.39 is 26.5 Å². The predicted molar refractivity (Wildman–Crippen MR) is 134 cm³/mol. The molecule has 0 saturated carbocycles. The Hall–Kier alpha value is -2.61. The molecule has 0 aliphatic heterocycles. The maximum absolute atomic E-state index is 14.5. The molecule has 3 N–H and O–H groups in total. The van der Waals surface area contributed by atoms with Crippen LogP contribution in [0.1, 0.15) is 71.1 Å². The Morgan fingerprint density at radius 3 is 2.26 bits per heavy atom. The third kappa shape index (κ3) is 6.95. The normalized spacial score (nSPS) is 13.4. The predicted octanol–water partition coefficient (Wildman–Crippen LogP) is 4.95. The zero-order valence-corrected chi connectivity index (χ0v) is 22.2. The number of carbonyl (C=O) groups is 1. The summed E-state index contributed by atoms with van der Waals surface area (Å²) in [5.74, 6) is -1.47. The average molecular weight is 493 g/mol. The van der Waals surface area contributed by atoms with Gasteiger partial charge in [-0.2, -0.15) is 0 Å². The van der Waals surface area contributed by atoms with Gasteiger partial charge in [-0.15, -0.1) is 0 Å². The minimum Gasteiger partial charge on any atom is -0.493 e. The molecule has 1 amide bonds. The van der Waals surface area contributed by atoms with Crippen molar-refractivity contribution in [1.82, 2.24) is 5.32 Å². The molecule has 188 valence electrons. The monoisotopic (exact) mass is 492 g/mol. The summed E-state index contributed by atoms with van der Waals surface area (Å²) >= 11 is 0. The Morgan fingerprint density at radius 1 is 1.12 bits per heavy atom. The summed E-state index contributed by atoms with van der Waals surface area (Å²) in [7, 11) is -3.77. The third-order valence-electron chi connectivity index (χ3n) is 5.48. The summed E-state index contributed by atoms with van der Waals surface area (Å²) < 4.78 is 44.1. The maximum atomic E-state index is 14.5. The summed E-state index contributed by atoms with van der Waals surface area (Å²) in [4.78, 5) is 12.4. The number of hydrogen-bond acceptors (Lipinski definition) is 5. The Kier molecular flexibility index (Phi) is 8.08. The fourth-order valence-corrected chi connectivity index (χ4v) is 4.07. The van der Waals surface area contributed by atoms with E-state index >= 15 is 0 Å². The van der Waals surface area contributed by atoms with E-state index in [1.807, 2.05) is 18.2 Å². The molecule has 8 heteroatoms. The number of ether oxygens (including phenoxy) is 1.